The van der Waals surface area contributed by atoms with Gasteiger partial charge in [0.2, 0.25) is 0 Å². The topological polar surface area (TPSA) is 45.2 Å². The third-order valence-electron chi connectivity index (χ3n) is 3.22. The van der Waals surface area contributed by atoms with Gasteiger partial charge in [-0.2, -0.15) is 0 Å². The van der Waals surface area contributed by atoms with Crippen LogP contribution >= 0.6 is 15.9 Å². The van der Waals surface area contributed by atoms with Crippen LogP contribution in [-0.4, -0.2) is 41.5 Å². The molecule has 1 aromatic heterocycles. The van der Waals surface area contributed by atoms with Crippen molar-refractivity contribution < 1.29 is 4.79 Å². The minimum atomic E-state index is 0.0127. The van der Waals surface area contributed by atoms with Crippen LogP contribution in [0.5, 0.6) is 0 Å². The Morgan fingerprint density at radius 2 is 2.44 bits per heavy atom. The maximum absolute atomic E-state index is 12.3. The highest BCUT2D eigenvalue weighted by Gasteiger charge is 2.21. The van der Waals surface area contributed by atoms with Gasteiger partial charge < -0.3 is 10.2 Å². The normalized spacial score (nSPS) is 18.9. The van der Waals surface area contributed by atoms with E-state index < -0.39 is 0 Å². The Morgan fingerprint density at radius 1 is 1.61 bits per heavy atom. The number of carbonyl (C=O) groups excluding carboxylic acids is 1. The van der Waals surface area contributed by atoms with Crippen LogP contribution in [0.1, 0.15) is 30.3 Å². The number of nitrogens with one attached hydrogen (secondary N) is 1. The fraction of sp³-hybridized carbons (Fsp3) is 0.538. The predicted molar refractivity (Wildman–Crippen MR) is 74.5 cm³/mol. The molecule has 1 saturated heterocycles. The van der Waals surface area contributed by atoms with E-state index in [1.807, 2.05) is 17.9 Å². The van der Waals surface area contributed by atoms with E-state index in [0.717, 1.165) is 30.5 Å². The minimum Gasteiger partial charge on any atom is -0.336 e. The second kappa shape index (κ2) is 6.29. The second-order valence-electron chi connectivity index (χ2n) is 4.50. The lowest BCUT2D eigenvalue weighted by Crippen LogP contribution is -2.41. The van der Waals surface area contributed by atoms with E-state index in [4.69, 9.17) is 0 Å². The molecule has 1 amide bonds. The van der Waals surface area contributed by atoms with Crippen molar-refractivity contribution >= 4 is 21.8 Å². The third-order valence-corrected chi connectivity index (χ3v) is 3.69. The van der Waals surface area contributed by atoms with E-state index >= 15 is 0 Å². The zero-order valence-corrected chi connectivity index (χ0v) is 12.1. The lowest BCUT2D eigenvalue weighted by atomic mass is 10.2. The molecule has 1 aromatic rings. The zero-order valence-electron chi connectivity index (χ0n) is 10.5. The van der Waals surface area contributed by atoms with Crippen LogP contribution in [0.2, 0.25) is 0 Å². The average molecular weight is 312 g/mol. The summed E-state index contributed by atoms with van der Waals surface area (Å²) < 4.78 is 0.888. The van der Waals surface area contributed by atoms with Gasteiger partial charge in [-0.15, -0.1) is 0 Å². The van der Waals surface area contributed by atoms with Crippen LogP contribution in [0, 0.1) is 0 Å². The average Bonchev–Trinajstić information content (AvgIpc) is 2.89. The van der Waals surface area contributed by atoms with Gasteiger partial charge >= 0.3 is 0 Å². The van der Waals surface area contributed by atoms with Crippen molar-refractivity contribution in [3.05, 3.63) is 28.5 Å². The fourth-order valence-corrected chi connectivity index (χ4v) is 2.43. The summed E-state index contributed by atoms with van der Waals surface area (Å²) in [7, 11) is 0. The molecule has 1 aliphatic heterocycles. The summed E-state index contributed by atoms with van der Waals surface area (Å²) in [4.78, 5) is 18.3. The molecule has 0 aliphatic carbocycles. The lowest BCUT2D eigenvalue weighted by molar-refractivity contribution is 0.0745. The summed E-state index contributed by atoms with van der Waals surface area (Å²) in [6, 6.07) is 4.04. The van der Waals surface area contributed by atoms with Gasteiger partial charge in [-0.1, -0.05) is 0 Å². The number of hydrogen-bond donors (Lipinski definition) is 1. The van der Waals surface area contributed by atoms with E-state index in [9.17, 15) is 4.79 Å². The monoisotopic (exact) mass is 311 g/mol. The van der Waals surface area contributed by atoms with E-state index in [-0.39, 0.29) is 5.91 Å². The van der Waals surface area contributed by atoms with Crippen LogP contribution in [0.25, 0.3) is 0 Å². The maximum atomic E-state index is 12.3. The van der Waals surface area contributed by atoms with Crippen molar-refractivity contribution in [1.82, 2.24) is 15.2 Å². The number of halogens is 1. The predicted octanol–water partition coefficient (Wildman–Crippen LogP) is 2.06. The first-order valence-corrected chi connectivity index (χ1v) is 7.14. The number of amides is 1. The van der Waals surface area contributed by atoms with Crippen LogP contribution in [0.3, 0.4) is 0 Å². The molecule has 1 N–H and O–H groups in total. The van der Waals surface area contributed by atoms with E-state index in [2.05, 4.69) is 26.2 Å². The van der Waals surface area contributed by atoms with Crippen molar-refractivity contribution in [2.45, 2.75) is 25.8 Å². The SMILES string of the molecule is CCN(CC1CCCN1)C(=O)c1ccc(Br)cn1. The Kier molecular flexibility index (Phi) is 4.72. The molecule has 0 saturated carbocycles. The summed E-state index contributed by atoms with van der Waals surface area (Å²) >= 11 is 3.32. The molecule has 1 aliphatic rings. The molecule has 2 rings (SSSR count). The molecule has 0 spiro atoms. The summed E-state index contributed by atoms with van der Waals surface area (Å²) in [5, 5.41) is 3.42. The minimum absolute atomic E-state index is 0.0127. The highest BCUT2D eigenvalue weighted by molar-refractivity contribution is 9.10. The Balaban J connectivity index is 2.02. The maximum Gasteiger partial charge on any atom is 0.272 e. The molecular formula is C13H18BrN3O. The molecule has 1 atom stereocenters. The highest BCUT2D eigenvalue weighted by Crippen LogP contribution is 2.11. The fourth-order valence-electron chi connectivity index (χ4n) is 2.20. The van der Waals surface area contributed by atoms with E-state index in [1.165, 1.54) is 6.42 Å². The van der Waals surface area contributed by atoms with Crippen LogP contribution in [-0.2, 0) is 0 Å². The first-order valence-electron chi connectivity index (χ1n) is 6.35. The van der Waals surface area contributed by atoms with Crippen molar-refractivity contribution in [2.75, 3.05) is 19.6 Å². The van der Waals surface area contributed by atoms with Crippen molar-refractivity contribution in [1.29, 1.82) is 0 Å². The molecule has 0 aromatic carbocycles. The first-order chi connectivity index (χ1) is 8.70. The lowest BCUT2D eigenvalue weighted by Gasteiger charge is -2.24. The molecule has 5 heteroatoms. The number of pyridine rings is 1. The Bertz CT molecular complexity index is 401. The molecule has 1 fully saturated rings. The number of nitrogens with zero attached hydrogens (tertiary/aromatic N) is 2. The third kappa shape index (κ3) is 3.29. The summed E-state index contributed by atoms with van der Waals surface area (Å²) in [6.07, 6.45) is 4.01. The molecule has 2 heterocycles. The summed E-state index contributed by atoms with van der Waals surface area (Å²) in [6.45, 7) is 4.56. The standard InChI is InChI=1S/C13H18BrN3O/c1-2-17(9-11-4-3-7-15-11)13(18)12-6-5-10(14)8-16-12/h5-6,8,11,15H,2-4,7,9H2,1H3. The quantitative estimate of drug-likeness (QED) is 0.925. The van der Waals surface area contributed by atoms with Crippen molar-refractivity contribution in [2.24, 2.45) is 0 Å². The molecule has 98 valence electrons. The van der Waals surface area contributed by atoms with Gasteiger partial charge in [0.1, 0.15) is 5.69 Å². The molecule has 0 bridgehead atoms. The van der Waals surface area contributed by atoms with Gasteiger partial charge in [0, 0.05) is 29.8 Å². The number of hydrogen-bond acceptors (Lipinski definition) is 3. The molecule has 1 unspecified atom stereocenters. The van der Waals surface area contributed by atoms with Gasteiger partial charge in [0.25, 0.3) is 5.91 Å². The Labute approximate surface area is 116 Å². The number of carbonyl (C=O) groups is 1. The van der Waals surface area contributed by atoms with Crippen molar-refractivity contribution in [3.8, 4) is 0 Å². The zero-order chi connectivity index (χ0) is 13.0. The molecule has 18 heavy (non-hydrogen) atoms. The van der Waals surface area contributed by atoms with Crippen LogP contribution in [0.4, 0.5) is 0 Å². The Hall–Kier alpha value is -0.940. The number of likely N-dealkylation sites (N-methyl/N-ethyl adjacent to an activating group) is 1. The molecule has 0 radical (unpaired) electrons. The Morgan fingerprint density at radius 3 is 3.00 bits per heavy atom. The van der Waals surface area contributed by atoms with E-state index in [0.29, 0.717) is 11.7 Å². The van der Waals surface area contributed by atoms with Crippen LogP contribution < -0.4 is 5.32 Å². The number of aromatic nitrogens is 1. The molecular weight excluding hydrogens is 294 g/mol. The highest BCUT2D eigenvalue weighted by atomic mass is 79.9. The number of rotatable bonds is 4. The summed E-state index contributed by atoms with van der Waals surface area (Å²) in [5.41, 5.74) is 0.512. The summed E-state index contributed by atoms with van der Waals surface area (Å²) in [5.74, 6) is 0.0127. The van der Waals surface area contributed by atoms with Crippen LogP contribution in [0.15, 0.2) is 22.8 Å². The van der Waals surface area contributed by atoms with E-state index in [1.54, 1.807) is 12.3 Å². The van der Waals surface area contributed by atoms with Gasteiger partial charge in [-0.25, -0.2) is 4.98 Å². The largest absolute Gasteiger partial charge is 0.336 e. The smallest absolute Gasteiger partial charge is 0.272 e. The molecule has 4 nitrogen and oxygen atoms in total. The second-order valence-corrected chi connectivity index (χ2v) is 5.41. The van der Waals surface area contributed by atoms with Gasteiger partial charge in [0.05, 0.1) is 0 Å². The van der Waals surface area contributed by atoms with Gasteiger partial charge in [0.15, 0.2) is 0 Å². The first kappa shape index (κ1) is 13.5. The van der Waals surface area contributed by atoms with Gasteiger partial charge in [-0.05, 0) is 54.4 Å². The van der Waals surface area contributed by atoms with Crippen molar-refractivity contribution in [3.63, 3.8) is 0 Å². The van der Waals surface area contributed by atoms with Gasteiger partial charge in [-0.3, -0.25) is 4.79 Å².